The van der Waals surface area contributed by atoms with Crippen molar-refractivity contribution < 1.29 is 13.2 Å². The molecule has 2 rings (SSSR count). The van der Waals surface area contributed by atoms with Crippen molar-refractivity contribution in [2.45, 2.75) is 19.1 Å². The lowest BCUT2D eigenvalue weighted by atomic mass is 9.97. The largest absolute Gasteiger partial charge is 0.416 e. The molecule has 1 unspecified atom stereocenters. The molecule has 1 aromatic heterocycles. The van der Waals surface area contributed by atoms with Crippen LogP contribution in [0.1, 0.15) is 29.8 Å². The molecule has 0 spiro atoms. The van der Waals surface area contributed by atoms with Crippen LogP contribution in [0.4, 0.5) is 13.2 Å². The SMILES string of the molecule is CCNC(c1ccccc1C(F)(F)F)c1c(Br)nnn1C. The number of halogens is 4. The van der Waals surface area contributed by atoms with Crippen molar-refractivity contribution in [3.8, 4) is 0 Å². The number of hydrogen-bond donors (Lipinski definition) is 1. The number of alkyl halides is 3. The minimum Gasteiger partial charge on any atom is -0.305 e. The van der Waals surface area contributed by atoms with Crippen LogP contribution in [0.2, 0.25) is 0 Å². The zero-order valence-corrected chi connectivity index (χ0v) is 13.0. The summed E-state index contributed by atoms with van der Waals surface area (Å²) in [4.78, 5) is 0. The van der Waals surface area contributed by atoms with E-state index in [1.165, 1.54) is 16.8 Å². The number of nitrogens with one attached hydrogen (secondary N) is 1. The van der Waals surface area contributed by atoms with Crippen LogP contribution < -0.4 is 5.32 Å². The van der Waals surface area contributed by atoms with Gasteiger partial charge in [-0.15, -0.1) is 5.10 Å². The highest BCUT2D eigenvalue weighted by Gasteiger charge is 2.36. The van der Waals surface area contributed by atoms with Gasteiger partial charge in [-0.1, -0.05) is 30.3 Å². The predicted molar refractivity (Wildman–Crippen MR) is 75.7 cm³/mol. The van der Waals surface area contributed by atoms with Crippen LogP contribution in [0.15, 0.2) is 28.9 Å². The Bertz CT molecular complexity index is 605. The maximum absolute atomic E-state index is 13.2. The molecule has 1 atom stereocenters. The van der Waals surface area contributed by atoms with E-state index in [9.17, 15) is 13.2 Å². The zero-order chi connectivity index (χ0) is 15.6. The molecule has 114 valence electrons. The molecule has 0 bridgehead atoms. The van der Waals surface area contributed by atoms with Crippen LogP contribution in [-0.4, -0.2) is 21.5 Å². The fraction of sp³-hybridized carbons (Fsp3) is 0.385. The van der Waals surface area contributed by atoms with E-state index < -0.39 is 17.8 Å². The van der Waals surface area contributed by atoms with Gasteiger partial charge >= 0.3 is 6.18 Å². The number of benzene rings is 1. The first kappa shape index (κ1) is 16.0. The topological polar surface area (TPSA) is 42.7 Å². The summed E-state index contributed by atoms with van der Waals surface area (Å²) in [6.45, 7) is 2.34. The minimum atomic E-state index is -4.41. The van der Waals surface area contributed by atoms with E-state index in [4.69, 9.17) is 0 Å². The molecule has 0 fully saturated rings. The number of nitrogens with zero attached hydrogens (tertiary/aromatic N) is 3. The van der Waals surface area contributed by atoms with Gasteiger partial charge in [0.25, 0.3) is 0 Å². The third-order valence-electron chi connectivity index (χ3n) is 3.09. The second-order valence-corrected chi connectivity index (χ2v) is 5.22. The monoisotopic (exact) mass is 362 g/mol. The molecule has 0 aliphatic carbocycles. The molecule has 0 amide bonds. The smallest absolute Gasteiger partial charge is 0.305 e. The number of aromatic nitrogens is 3. The van der Waals surface area contributed by atoms with Crippen molar-refractivity contribution in [3.05, 3.63) is 45.7 Å². The lowest BCUT2D eigenvalue weighted by Crippen LogP contribution is -2.27. The molecular formula is C13H14BrF3N4. The van der Waals surface area contributed by atoms with E-state index in [2.05, 4.69) is 31.6 Å². The van der Waals surface area contributed by atoms with E-state index in [0.717, 1.165) is 6.07 Å². The van der Waals surface area contributed by atoms with Gasteiger partial charge in [0.2, 0.25) is 0 Å². The van der Waals surface area contributed by atoms with E-state index >= 15 is 0 Å². The summed E-state index contributed by atoms with van der Waals surface area (Å²) in [5.41, 5.74) is 0.0375. The zero-order valence-electron chi connectivity index (χ0n) is 11.4. The number of aryl methyl sites for hydroxylation is 1. The fourth-order valence-electron chi connectivity index (χ4n) is 2.21. The standard InChI is InChI=1S/C13H14BrF3N4/c1-3-18-10(11-12(14)19-20-21(11)2)8-6-4-5-7-9(8)13(15,16)17/h4-7,10,18H,3H2,1-2H3. The van der Waals surface area contributed by atoms with Crippen molar-refractivity contribution in [2.24, 2.45) is 7.05 Å². The summed E-state index contributed by atoms with van der Waals surface area (Å²) in [5, 5.41) is 10.7. The van der Waals surface area contributed by atoms with Gasteiger partial charge in [0, 0.05) is 7.05 Å². The highest BCUT2D eigenvalue weighted by atomic mass is 79.9. The predicted octanol–water partition coefficient (Wildman–Crippen LogP) is 3.30. The maximum atomic E-state index is 13.2. The van der Waals surface area contributed by atoms with Gasteiger partial charge in [-0.05, 0) is 34.1 Å². The molecule has 2 aromatic rings. The minimum absolute atomic E-state index is 0.151. The third kappa shape index (κ3) is 3.26. The molecule has 1 N–H and O–H groups in total. The van der Waals surface area contributed by atoms with Crippen LogP contribution in [0.25, 0.3) is 0 Å². The van der Waals surface area contributed by atoms with Crippen molar-refractivity contribution in [3.63, 3.8) is 0 Å². The summed E-state index contributed by atoms with van der Waals surface area (Å²) in [7, 11) is 1.65. The van der Waals surface area contributed by atoms with Gasteiger partial charge in [0.05, 0.1) is 17.3 Å². The van der Waals surface area contributed by atoms with E-state index in [1.807, 2.05) is 6.92 Å². The first-order valence-electron chi connectivity index (χ1n) is 6.30. The molecule has 0 saturated heterocycles. The molecule has 0 saturated carbocycles. The van der Waals surface area contributed by atoms with E-state index in [1.54, 1.807) is 13.1 Å². The fourth-order valence-corrected chi connectivity index (χ4v) is 2.77. The van der Waals surface area contributed by atoms with Crippen molar-refractivity contribution in [1.82, 2.24) is 20.3 Å². The van der Waals surface area contributed by atoms with E-state index in [-0.39, 0.29) is 5.56 Å². The summed E-state index contributed by atoms with van der Waals surface area (Å²) in [5.74, 6) is 0. The maximum Gasteiger partial charge on any atom is 0.416 e. The molecule has 1 heterocycles. The van der Waals surface area contributed by atoms with Crippen LogP contribution >= 0.6 is 15.9 Å². The van der Waals surface area contributed by atoms with Crippen LogP contribution in [-0.2, 0) is 13.2 Å². The highest BCUT2D eigenvalue weighted by molar-refractivity contribution is 9.10. The summed E-state index contributed by atoms with van der Waals surface area (Å²) in [6.07, 6.45) is -4.41. The van der Waals surface area contributed by atoms with Gasteiger partial charge < -0.3 is 5.32 Å². The molecule has 1 aromatic carbocycles. The summed E-state index contributed by atoms with van der Waals surface area (Å²) < 4.78 is 41.5. The van der Waals surface area contributed by atoms with Crippen LogP contribution in [0.5, 0.6) is 0 Å². The van der Waals surface area contributed by atoms with Gasteiger partial charge in [0.15, 0.2) is 4.60 Å². The Morgan fingerprint density at radius 3 is 2.52 bits per heavy atom. The van der Waals surface area contributed by atoms with Crippen molar-refractivity contribution in [2.75, 3.05) is 6.54 Å². The number of rotatable bonds is 4. The Hall–Kier alpha value is -1.41. The van der Waals surface area contributed by atoms with Crippen molar-refractivity contribution >= 4 is 15.9 Å². The van der Waals surface area contributed by atoms with Crippen molar-refractivity contribution in [1.29, 1.82) is 0 Å². The Kier molecular flexibility index (Phi) is 4.67. The normalized spacial score (nSPS) is 13.4. The quantitative estimate of drug-likeness (QED) is 0.907. The lowest BCUT2D eigenvalue weighted by molar-refractivity contribution is -0.138. The highest BCUT2D eigenvalue weighted by Crippen LogP contribution is 2.37. The second-order valence-electron chi connectivity index (χ2n) is 4.46. The molecule has 8 heteroatoms. The van der Waals surface area contributed by atoms with Gasteiger partial charge in [-0.25, -0.2) is 4.68 Å². The average Bonchev–Trinajstić information content (AvgIpc) is 2.75. The average molecular weight is 363 g/mol. The Balaban J connectivity index is 2.60. The molecule has 0 radical (unpaired) electrons. The van der Waals surface area contributed by atoms with Crippen LogP contribution in [0.3, 0.4) is 0 Å². The summed E-state index contributed by atoms with van der Waals surface area (Å²) in [6, 6.07) is 4.87. The van der Waals surface area contributed by atoms with Crippen LogP contribution in [0, 0.1) is 0 Å². The molecule has 0 aliphatic rings. The lowest BCUT2D eigenvalue weighted by Gasteiger charge is -2.22. The Morgan fingerprint density at radius 1 is 1.33 bits per heavy atom. The van der Waals surface area contributed by atoms with Gasteiger partial charge in [-0.3, -0.25) is 0 Å². The second kappa shape index (κ2) is 6.15. The Morgan fingerprint density at radius 2 is 2.00 bits per heavy atom. The first-order chi connectivity index (χ1) is 9.86. The van der Waals surface area contributed by atoms with E-state index in [0.29, 0.717) is 16.8 Å². The molecule has 21 heavy (non-hydrogen) atoms. The molecule has 0 aliphatic heterocycles. The third-order valence-corrected chi connectivity index (χ3v) is 3.65. The Labute approximate surface area is 128 Å². The molecule has 4 nitrogen and oxygen atoms in total. The number of hydrogen-bond acceptors (Lipinski definition) is 3. The first-order valence-corrected chi connectivity index (χ1v) is 7.10. The summed E-state index contributed by atoms with van der Waals surface area (Å²) >= 11 is 3.24. The van der Waals surface area contributed by atoms with Gasteiger partial charge in [0.1, 0.15) is 0 Å². The van der Waals surface area contributed by atoms with Gasteiger partial charge in [-0.2, -0.15) is 13.2 Å². The molecular weight excluding hydrogens is 349 g/mol.